The van der Waals surface area contributed by atoms with Crippen LogP contribution in [0.3, 0.4) is 0 Å². The third-order valence-corrected chi connectivity index (χ3v) is 4.96. The molecule has 2 saturated heterocycles. The minimum atomic E-state index is -0.0186. The summed E-state index contributed by atoms with van der Waals surface area (Å²) in [6.07, 6.45) is 3.72. The van der Waals surface area contributed by atoms with Crippen LogP contribution in [-0.4, -0.2) is 54.0 Å². The van der Waals surface area contributed by atoms with Crippen LogP contribution in [0.15, 0.2) is 0 Å². The van der Waals surface area contributed by atoms with E-state index in [1.165, 1.54) is 0 Å². The molecule has 2 fully saturated rings. The van der Waals surface area contributed by atoms with Crippen molar-refractivity contribution in [3.05, 3.63) is 0 Å². The van der Waals surface area contributed by atoms with Gasteiger partial charge in [0.25, 0.3) is 0 Å². The van der Waals surface area contributed by atoms with Gasteiger partial charge in [-0.2, -0.15) is 0 Å². The van der Waals surface area contributed by atoms with Gasteiger partial charge in [-0.25, -0.2) is 0 Å². The summed E-state index contributed by atoms with van der Waals surface area (Å²) in [6, 6.07) is -0.0186. The zero-order valence-corrected chi connectivity index (χ0v) is 13.0. The molecule has 2 amide bonds. The Labute approximate surface area is 125 Å². The predicted molar refractivity (Wildman–Crippen MR) is 81.5 cm³/mol. The van der Waals surface area contributed by atoms with Crippen molar-refractivity contribution in [3.8, 4) is 0 Å². The fourth-order valence-electron chi connectivity index (χ4n) is 2.67. The van der Waals surface area contributed by atoms with Crippen LogP contribution in [-0.2, 0) is 9.59 Å². The van der Waals surface area contributed by atoms with Crippen molar-refractivity contribution in [3.63, 3.8) is 0 Å². The molecule has 6 heteroatoms. The highest BCUT2D eigenvalue weighted by atomic mass is 32.2. The number of likely N-dealkylation sites (tertiary alicyclic amines) is 1. The average molecular weight is 299 g/mol. The summed E-state index contributed by atoms with van der Waals surface area (Å²) in [5, 5.41) is 6.21. The van der Waals surface area contributed by atoms with E-state index in [1.807, 2.05) is 4.90 Å². The Hall–Kier alpha value is -0.750. The Bertz CT molecular complexity index is 337. The topological polar surface area (TPSA) is 61.4 Å². The van der Waals surface area contributed by atoms with Crippen LogP contribution in [0.5, 0.6) is 0 Å². The summed E-state index contributed by atoms with van der Waals surface area (Å²) in [5.41, 5.74) is 0. The molecular weight excluding hydrogens is 274 g/mol. The lowest BCUT2D eigenvalue weighted by Gasteiger charge is -2.32. The first-order valence-electron chi connectivity index (χ1n) is 7.60. The van der Waals surface area contributed by atoms with Gasteiger partial charge < -0.3 is 10.2 Å². The molecule has 5 nitrogen and oxygen atoms in total. The summed E-state index contributed by atoms with van der Waals surface area (Å²) in [7, 11) is 0. The van der Waals surface area contributed by atoms with E-state index in [2.05, 4.69) is 17.6 Å². The average Bonchev–Trinajstić information content (AvgIpc) is 3.01. The van der Waals surface area contributed by atoms with Gasteiger partial charge >= 0.3 is 0 Å². The van der Waals surface area contributed by atoms with Gasteiger partial charge in [0, 0.05) is 37.2 Å². The third-order valence-electron chi connectivity index (χ3n) is 4.02. The van der Waals surface area contributed by atoms with Gasteiger partial charge in [-0.3, -0.25) is 14.9 Å². The number of rotatable bonds is 5. The van der Waals surface area contributed by atoms with Crippen LogP contribution in [0.4, 0.5) is 0 Å². The molecule has 0 aliphatic carbocycles. The van der Waals surface area contributed by atoms with Crippen molar-refractivity contribution in [1.82, 2.24) is 15.5 Å². The molecule has 0 aromatic carbocycles. The van der Waals surface area contributed by atoms with E-state index < -0.39 is 0 Å². The van der Waals surface area contributed by atoms with E-state index in [0.29, 0.717) is 13.1 Å². The van der Waals surface area contributed by atoms with Gasteiger partial charge in [0.2, 0.25) is 11.8 Å². The van der Waals surface area contributed by atoms with Crippen molar-refractivity contribution in [2.45, 2.75) is 38.6 Å². The molecule has 0 spiro atoms. The molecule has 0 bridgehead atoms. The normalized spacial score (nSPS) is 23.9. The SMILES string of the molecule is CCCCNC(=O)C1CCN(C(=O)C2CSCN2)CC1. The van der Waals surface area contributed by atoms with Crippen LogP contribution >= 0.6 is 11.8 Å². The Balaban J connectivity index is 1.71. The van der Waals surface area contributed by atoms with E-state index in [9.17, 15) is 9.59 Å². The number of nitrogens with zero attached hydrogens (tertiary/aromatic N) is 1. The Morgan fingerprint density at radius 3 is 2.70 bits per heavy atom. The number of amides is 2. The van der Waals surface area contributed by atoms with Crippen LogP contribution < -0.4 is 10.6 Å². The fourth-order valence-corrected chi connectivity index (χ4v) is 3.60. The van der Waals surface area contributed by atoms with Crippen molar-refractivity contribution in [2.75, 3.05) is 31.3 Å². The second-order valence-corrected chi connectivity index (χ2v) is 6.55. The zero-order valence-electron chi connectivity index (χ0n) is 12.2. The van der Waals surface area contributed by atoms with E-state index in [4.69, 9.17) is 0 Å². The largest absolute Gasteiger partial charge is 0.356 e. The molecule has 2 N–H and O–H groups in total. The number of carbonyl (C=O) groups is 2. The van der Waals surface area contributed by atoms with Crippen LogP contribution in [0.2, 0.25) is 0 Å². The Kier molecular flexibility index (Phi) is 6.16. The lowest BCUT2D eigenvalue weighted by atomic mass is 9.95. The molecular formula is C14H25N3O2S. The van der Waals surface area contributed by atoms with Gasteiger partial charge in [0.1, 0.15) is 0 Å². The maximum Gasteiger partial charge on any atom is 0.240 e. The minimum absolute atomic E-state index is 0.0186. The number of thioether (sulfide) groups is 1. The lowest BCUT2D eigenvalue weighted by Crippen LogP contribution is -2.49. The van der Waals surface area contributed by atoms with Crippen molar-refractivity contribution in [2.24, 2.45) is 5.92 Å². The summed E-state index contributed by atoms with van der Waals surface area (Å²) in [4.78, 5) is 26.1. The summed E-state index contributed by atoms with van der Waals surface area (Å²) in [5.74, 6) is 2.20. The molecule has 0 saturated carbocycles. The predicted octanol–water partition coefficient (Wildman–Crippen LogP) is 0.804. The summed E-state index contributed by atoms with van der Waals surface area (Å²) >= 11 is 1.77. The first-order chi connectivity index (χ1) is 9.72. The van der Waals surface area contributed by atoms with Crippen molar-refractivity contribution >= 4 is 23.6 Å². The van der Waals surface area contributed by atoms with Gasteiger partial charge in [-0.1, -0.05) is 13.3 Å². The molecule has 1 atom stereocenters. The number of hydrogen-bond acceptors (Lipinski definition) is 4. The minimum Gasteiger partial charge on any atom is -0.356 e. The molecule has 2 aliphatic rings. The highest BCUT2D eigenvalue weighted by Gasteiger charge is 2.31. The van der Waals surface area contributed by atoms with Crippen molar-refractivity contribution < 1.29 is 9.59 Å². The number of carbonyl (C=O) groups excluding carboxylic acids is 2. The Morgan fingerprint density at radius 2 is 2.10 bits per heavy atom. The molecule has 0 radical (unpaired) electrons. The lowest BCUT2D eigenvalue weighted by molar-refractivity contribution is -0.136. The molecule has 2 heterocycles. The number of unbranched alkanes of at least 4 members (excludes halogenated alkanes) is 1. The van der Waals surface area contributed by atoms with Gasteiger partial charge in [0.15, 0.2) is 0 Å². The third kappa shape index (κ3) is 4.12. The smallest absolute Gasteiger partial charge is 0.240 e. The van der Waals surface area contributed by atoms with Crippen LogP contribution in [0.25, 0.3) is 0 Å². The zero-order chi connectivity index (χ0) is 14.4. The maximum absolute atomic E-state index is 12.2. The van der Waals surface area contributed by atoms with Crippen LogP contribution in [0, 0.1) is 5.92 Å². The number of hydrogen-bond donors (Lipinski definition) is 2. The second kappa shape index (κ2) is 7.88. The monoisotopic (exact) mass is 299 g/mol. The van der Waals surface area contributed by atoms with Crippen LogP contribution in [0.1, 0.15) is 32.6 Å². The fraction of sp³-hybridized carbons (Fsp3) is 0.857. The van der Waals surface area contributed by atoms with Gasteiger partial charge in [0.05, 0.1) is 6.04 Å². The highest BCUT2D eigenvalue weighted by molar-refractivity contribution is 7.99. The quantitative estimate of drug-likeness (QED) is 0.737. The molecule has 2 rings (SSSR count). The highest BCUT2D eigenvalue weighted by Crippen LogP contribution is 2.20. The summed E-state index contributed by atoms with van der Waals surface area (Å²) in [6.45, 7) is 4.32. The van der Waals surface area contributed by atoms with Gasteiger partial charge in [-0.05, 0) is 19.3 Å². The van der Waals surface area contributed by atoms with E-state index in [-0.39, 0.29) is 23.8 Å². The van der Waals surface area contributed by atoms with E-state index in [1.54, 1.807) is 11.8 Å². The Morgan fingerprint density at radius 1 is 1.35 bits per heavy atom. The van der Waals surface area contributed by atoms with E-state index in [0.717, 1.165) is 43.9 Å². The van der Waals surface area contributed by atoms with Gasteiger partial charge in [-0.15, -0.1) is 11.8 Å². The molecule has 114 valence electrons. The molecule has 0 aromatic heterocycles. The molecule has 20 heavy (non-hydrogen) atoms. The number of piperidine rings is 1. The molecule has 0 aromatic rings. The second-order valence-electron chi connectivity index (χ2n) is 5.52. The molecule has 2 aliphatic heterocycles. The molecule has 1 unspecified atom stereocenters. The van der Waals surface area contributed by atoms with E-state index >= 15 is 0 Å². The first-order valence-corrected chi connectivity index (χ1v) is 8.75. The maximum atomic E-state index is 12.2. The first kappa shape index (κ1) is 15.6. The summed E-state index contributed by atoms with van der Waals surface area (Å²) < 4.78 is 0. The van der Waals surface area contributed by atoms with Crippen molar-refractivity contribution in [1.29, 1.82) is 0 Å². The standard InChI is InChI=1S/C14H25N3O2S/c1-2-3-6-15-13(18)11-4-7-17(8-5-11)14(19)12-9-20-10-16-12/h11-12,16H,2-10H2,1H3,(H,15,18). The number of nitrogens with one attached hydrogen (secondary N) is 2.